The van der Waals surface area contributed by atoms with Crippen molar-refractivity contribution in [2.45, 2.75) is 20.8 Å². The monoisotopic (exact) mass is 351 g/mol. The van der Waals surface area contributed by atoms with Crippen LogP contribution in [0.25, 0.3) is 16.6 Å². The quantitative estimate of drug-likeness (QED) is 0.508. The molecule has 0 saturated carbocycles. The summed E-state index contributed by atoms with van der Waals surface area (Å²) in [5.74, 6) is 0.264. The van der Waals surface area contributed by atoms with Crippen LogP contribution in [0.1, 0.15) is 40.3 Å². The maximum atomic E-state index is 12.3. The van der Waals surface area contributed by atoms with E-state index < -0.39 is 5.97 Å². The molecule has 1 aromatic carbocycles. The number of methoxy groups -OCH3 is 1. The summed E-state index contributed by atoms with van der Waals surface area (Å²) in [6.07, 6.45) is 1.91. The summed E-state index contributed by atoms with van der Waals surface area (Å²) < 4.78 is 12.2. The number of ether oxygens (including phenoxy) is 2. The average Bonchev–Trinajstić information content (AvgIpc) is 3.04. The molecule has 134 valence electrons. The second-order valence-corrected chi connectivity index (χ2v) is 6.06. The molecule has 0 bridgehead atoms. The highest BCUT2D eigenvalue weighted by molar-refractivity contribution is 6.01. The maximum Gasteiger partial charge on any atom is 0.338 e. The number of pyridine rings is 1. The van der Waals surface area contributed by atoms with E-state index in [-0.39, 0.29) is 12.4 Å². The van der Waals surface area contributed by atoms with Gasteiger partial charge in [-0.3, -0.25) is 4.79 Å². The topological polar surface area (TPSA) is 57.0 Å². The Labute approximate surface area is 152 Å². The fourth-order valence-corrected chi connectivity index (χ4v) is 3.14. The summed E-state index contributed by atoms with van der Waals surface area (Å²) in [5.41, 5.74) is 4.26. The third kappa shape index (κ3) is 3.08. The lowest BCUT2D eigenvalue weighted by atomic mass is 10.0. The number of ketones is 1. The lowest BCUT2D eigenvalue weighted by Crippen LogP contribution is -2.13. The number of nitrogens with zero attached hydrogens (tertiary/aromatic N) is 1. The van der Waals surface area contributed by atoms with Crippen molar-refractivity contribution in [1.29, 1.82) is 0 Å². The molecule has 3 rings (SSSR count). The normalized spacial score (nSPS) is 10.8. The zero-order chi connectivity index (χ0) is 18.8. The molecule has 3 aromatic rings. The van der Waals surface area contributed by atoms with Crippen molar-refractivity contribution in [3.63, 3.8) is 0 Å². The maximum absolute atomic E-state index is 12.3. The Morgan fingerprint density at radius 1 is 1.08 bits per heavy atom. The van der Waals surface area contributed by atoms with Gasteiger partial charge in [-0.15, -0.1) is 0 Å². The van der Waals surface area contributed by atoms with Gasteiger partial charge in [-0.2, -0.15) is 0 Å². The van der Waals surface area contributed by atoms with Crippen LogP contribution in [0.4, 0.5) is 0 Å². The SMILES string of the molecule is CCOC(=O)c1cc2cc(-c3ccc(OC)cc3)cn2c(C(C)=O)c1C. The summed E-state index contributed by atoms with van der Waals surface area (Å²) >= 11 is 0. The Morgan fingerprint density at radius 2 is 1.77 bits per heavy atom. The average molecular weight is 351 g/mol. The fraction of sp³-hybridized carbons (Fsp3) is 0.238. The van der Waals surface area contributed by atoms with Crippen LogP contribution in [0.15, 0.2) is 42.6 Å². The van der Waals surface area contributed by atoms with Gasteiger partial charge in [0.1, 0.15) is 5.75 Å². The van der Waals surface area contributed by atoms with Crippen LogP contribution < -0.4 is 4.74 Å². The van der Waals surface area contributed by atoms with E-state index in [1.54, 1.807) is 27.0 Å². The molecule has 0 unspecified atom stereocenters. The smallest absolute Gasteiger partial charge is 0.338 e. The largest absolute Gasteiger partial charge is 0.497 e. The van der Waals surface area contributed by atoms with E-state index in [0.717, 1.165) is 22.4 Å². The number of esters is 1. The predicted octanol–water partition coefficient (Wildman–Crippen LogP) is 4.30. The molecule has 0 spiro atoms. The van der Waals surface area contributed by atoms with Crippen molar-refractivity contribution in [2.75, 3.05) is 13.7 Å². The van der Waals surface area contributed by atoms with Crippen LogP contribution in [-0.4, -0.2) is 29.9 Å². The Hall–Kier alpha value is -3.08. The first kappa shape index (κ1) is 17.7. The summed E-state index contributed by atoms with van der Waals surface area (Å²) in [4.78, 5) is 24.5. The number of carbonyl (C=O) groups is 2. The van der Waals surface area contributed by atoms with E-state index in [2.05, 4.69) is 0 Å². The van der Waals surface area contributed by atoms with E-state index >= 15 is 0 Å². The fourth-order valence-electron chi connectivity index (χ4n) is 3.14. The van der Waals surface area contributed by atoms with Crippen LogP contribution in [0.5, 0.6) is 5.75 Å². The lowest BCUT2D eigenvalue weighted by molar-refractivity contribution is 0.0525. The van der Waals surface area contributed by atoms with Crippen molar-refractivity contribution in [1.82, 2.24) is 4.40 Å². The van der Waals surface area contributed by atoms with E-state index in [9.17, 15) is 9.59 Å². The number of aromatic nitrogens is 1. The van der Waals surface area contributed by atoms with Gasteiger partial charge in [0, 0.05) is 24.2 Å². The third-order valence-electron chi connectivity index (χ3n) is 4.39. The highest BCUT2D eigenvalue weighted by Crippen LogP contribution is 2.28. The van der Waals surface area contributed by atoms with Gasteiger partial charge < -0.3 is 13.9 Å². The van der Waals surface area contributed by atoms with Gasteiger partial charge in [-0.25, -0.2) is 4.79 Å². The molecule has 0 radical (unpaired) electrons. The van der Waals surface area contributed by atoms with Gasteiger partial charge in [0.25, 0.3) is 0 Å². The molecule has 5 nitrogen and oxygen atoms in total. The minimum atomic E-state index is -0.415. The minimum absolute atomic E-state index is 0.101. The number of Topliss-reactive ketones (excluding diaryl/α,β-unsaturated/α-hetero) is 1. The summed E-state index contributed by atoms with van der Waals surface area (Å²) in [7, 11) is 1.63. The summed E-state index contributed by atoms with van der Waals surface area (Å²) in [5, 5.41) is 0. The van der Waals surface area contributed by atoms with Crippen molar-refractivity contribution in [3.8, 4) is 16.9 Å². The zero-order valence-electron chi connectivity index (χ0n) is 15.3. The molecular formula is C21H21NO4. The Morgan fingerprint density at radius 3 is 2.35 bits per heavy atom. The molecular weight excluding hydrogens is 330 g/mol. The Bertz CT molecular complexity index is 983. The highest BCUT2D eigenvalue weighted by atomic mass is 16.5. The second-order valence-electron chi connectivity index (χ2n) is 6.06. The first-order chi connectivity index (χ1) is 12.5. The first-order valence-corrected chi connectivity index (χ1v) is 8.44. The highest BCUT2D eigenvalue weighted by Gasteiger charge is 2.20. The molecule has 0 N–H and O–H groups in total. The number of hydrogen-bond donors (Lipinski definition) is 0. The van der Waals surface area contributed by atoms with Gasteiger partial charge in [-0.05, 0) is 49.2 Å². The summed E-state index contributed by atoms with van der Waals surface area (Å²) in [6, 6.07) is 11.4. The first-order valence-electron chi connectivity index (χ1n) is 8.44. The van der Waals surface area contributed by atoms with Gasteiger partial charge in [-0.1, -0.05) is 12.1 Å². The predicted molar refractivity (Wildman–Crippen MR) is 100 cm³/mol. The number of fused-ring (bicyclic) bond motifs is 1. The van der Waals surface area contributed by atoms with Crippen molar-refractivity contribution in [2.24, 2.45) is 0 Å². The molecule has 0 saturated heterocycles. The van der Waals surface area contributed by atoms with E-state index in [1.807, 2.05) is 40.9 Å². The molecule has 0 atom stereocenters. The van der Waals surface area contributed by atoms with Gasteiger partial charge in [0.2, 0.25) is 0 Å². The van der Waals surface area contributed by atoms with Crippen LogP contribution in [0.3, 0.4) is 0 Å². The number of rotatable bonds is 5. The van der Waals surface area contributed by atoms with E-state index in [0.29, 0.717) is 16.8 Å². The Kier molecular flexibility index (Phi) is 4.80. The third-order valence-corrected chi connectivity index (χ3v) is 4.39. The molecule has 2 heterocycles. The van der Waals surface area contributed by atoms with Crippen molar-refractivity contribution in [3.05, 3.63) is 59.4 Å². The van der Waals surface area contributed by atoms with Crippen molar-refractivity contribution >= 4 is 17.3 Å². The number of carbonyl (C=O) groups excluding carboxylic acids is 2. The van der Waals surface area contributed by atoms with E-state index in [1.165, 1.54) is 6.92 Å². The molecule has 0 aliphatic carbocycles. The zero-order valence-corrected chi connectivity index (χ0v) is 15.3. The van der Waals surface area contributed by atoms with Crippen molar-refractivity contribution < 1.29 is 19.1 Å². The van der Waals surface area contributed by atoms with Gasteiger partial charge >= 0.3 is 5.97 Å². The summed E-state index contributed by atoms with van der Waals surface area (Å²) in [6.45, 7) is 5.33. The number of hydrogen-bond acceptors (Lipinski definition) is 4. The molecule has 26 heavy (non-hydrogen) atoms. The second kappa shape index (κ2) is 7.04. The molecule has 0 amide bonds. The van der Waals surface area contributed by atoms with Crippen LogP contribution >= 0.6 is 0 Å². The van der Waals surface area contributed by atoms with E-state index in [4.69, 9.17) is 9.47 Å². The number of benzene rings is 1. The van der Waals surface area contributed by atoms with Gasteiger partial charge in [0.05, 0.1) is 25.0 Å². The molecule has 2 aromatic heterocycles. The molecule has 0 fully saturated rings. The molecule has 0 aliphatic heterocycles. The Balaban J connectivity index is 2.19. The molecule has 5 heteroatoms. The van der Waals surface area contributed by atoms with Crippen LogP contribution in [0.2, 0.25) is 0 Å². The van der Waals surface area contributed by atoms with Gasteiger partial charge in [0.15, 0.2) is 5.78 Å². The van der Waals surface area contributed by atoms with Crippen LogP contribution in [-0.2, 0) is 4.74 Å². The minimum Gasteiger partial charge on any atom is -0.497 e. The standard InChI is InChI=1S/C21H21NO4/c1-5-26-21(24)19-11-17-10-16(15-6-8-18(25-4)9-7-15)12-22(17)20(13(19)2)14(3)23/h6-12H,5H2,1-4H3. The lowest BCUT2D eigenvalue weighted by Gasteiger charge is -2.12. The van der Waals surface area contributed by atoms with Crippen LogP contribution in [0, 0.1) is 6.92 Å². The molecule has 0 aliphatic rings.